The lowest BCUT2D eigenvalue weighted by molar-refractivity contribution is -0.116. The maximum Gasteiger partial charge on any atom is 0.354 e. The Kier molecular flexibility index (Phi) is 2.49. The lowest BCUT2D eigenvalue weighted by Gasteiger charge is -2.15. The molecule has 3 rings (SSSR count). The topological polar surface area (TPSA) is 70.1 Å². The van der Waals surface area contributed by atoms with Crippen LogP contribution in [0.5, 0.6) is 0 Å². The lowest BCUT2D eigenvalue weighted by Crippen LogP contribution is -2.31. The van der Waals surface area contributed by atoms with Crippen molar-refractivity contribution in [3.63, 3.8) is 0 Å². The molecule has 0 spiro atoms. The average molecular weight is 255 g/mol. The second-order valence-corrected chi connectivity index (χ2v) is 4.15. The lowest BCUT2D eigenvalue weighted by atomic mass is 10.1. The molecule has 0 saturated carbocycles. The van der Waals surface area contributed by atoms with Gasteiger partial charge in [-0.1, -0.05) is 36.4 Å². The molecule has 0 N–H and O–H groups in total. The number of hydrogen-bond donors (Lipinski definition) is 0. The van der Waals surface area contributed by atoms with Gasteiger partial charge in [0, 0.05) is 5.39 Å². The fourth-order valence-corrected chi connectivity index (χ4v) is 2.19. The van der Waals surface area contributed by atoms with Crippen LogP contribution < -0.4 is 4.90 Å². The summed E-state index contributed by atoms with van der Waals surface area (Å²) < 4.78 is 0. The highest BCUT2D eigenvalue weighted by Crippen LogP contribution is 2.29. The van der Waals surface area contributed by atoms with Gasteiger partial charge in [-0.05, 0) is 11.5 Å². The van der Waals surface area contributed by atoms with E-state index in [9.17, 15) is 14.5 Å². The Balaban J connectivity index is 2.17. The van der Waals surface area contributed by atoms with E-state index in [0.717, 1.165) is 15.7 Å². The number of urea groups is 1. The van der Waals surface area contributed by atoms with E-state index in [1.54, 1.807) is 12.1 Å². The molecule has 2 aromatic rings. The predicted molar refractivity (Wildman–Crippen MR) is 69.3 cm³/mol. The summed E-state index contributed by atoms with van der Waals surface area (Å²) in [6.45, 7) is -0.314. The molecule has 0 atom stereocenters. The monoisotopic (exact) mass is 255 g/mol. The van der Waals surface area contributed by atoms with Crippen molar-refractivity contribution in [2.75, 3.05) is 11.4 Å². The number of nitroso groups, excluding NO2 is 1. The number of imide groups is 1. The van der Waals surface area contributed by atoms with Crippen molar-refractivity contribution in [3.05, 3.63) is 47.4 Å². The number of fused-ring (bicyclic) bond motifs is 1. The summed E-state index contributed by atoms with van der Waals surface area (Å²) in [4.78, 5) is 35.3. The van der Waals surface area contributed by atoms with Gasteiger partial charge in [0.15, 0.2) is 0 Å². The molecule has 3 amide bonds. The number of nitrogens with zero attached hydrogens (tertiary/aromatic N) is 3. The van der Waals surface area contributed by atoms with Gasteiger partial charge in [0.05, 0.1) is 11.0 Å². The Morgan fingerprint density at radius 1 is 1.00 bits per heavy atom. The maximum atomic E-state index is 11.9. The molecule has 1 heterocycles. The van der Waals surface area contributed by atoms with Crippen LogP contribution in [0.2, 0.25) is 0 Å². The van der Waals surface area contributed by atoms with Gasteiger partial charge >= 0.3 is 6.03 Å². The Morgan fingerprint density at radius 3 is 2.47 bits per heavy atom. The minimum atomic E-state index is -0.712. The molecule has 2 aromatic carbocycles. The molecule has 0 aliphatic carbocycles. The number of hydrogen-bond acceptors (Lipinski definition) is 4. The number of benzene rings is 2. The van der Waals surface area contributed by atoms with Crippen molar-refractivity contribution in [3.8, 4) is 0 Å². The van der Waals surface area contributed by atoms with Crippen LogP contribution in [0.25, 0.3) is 10.8 Å². The van der Waals surface area contributed by atoms with Crippen LogP contribution in [-0.4, -0.2) is 23.5 Å². The van der Waals surface area contributed by atoms with Gasteiger partial charge < -0.3 is 0 Å². The molecule has 1 aliphatic rings. The number of amides is 3. The van der Waals surface area contributed by atoms with E-state index < -0.39 is 11.9 Å². The smallest absolute Gasteiger partial charge is 0.272 e. The van der Waals surface area contributed by atoms with E-state index in [1.807, 2.05) is 30.3 Å². The second kappa shape index (κ2) is 4.16. The highest BCUT2D eigenvalue weighted by molar-refractivity contribution is 6.22. The normalized spacial score (nSPS) is 15.4. The predicted octanol–water partition coefficient (Wildman–Crippen LogP) is 2.29. The van der Waals surface area contributed by atoms with E-state index in [1.165, 1.54) is 0 Å². The van der Waals surface area contributed by atoms with Crippen LogP contribution >= 0.6 is 0 Å². The first-order valence-electron chi connectivity index (χ1n) is 5.68. The van der Waals surface area contributed by atoms with Crippen LogP contribution in [0, 0.1) is 4.91 Å². The van der Waals surface area contributed by atoms with E-state index >= 15 is 0 Å². The summed E-state index contributed by atoms with van der Waals surface area (Å²) in [6.07, 6.45) is 0. The summed E-state index contributed by atoms with van der Waals surface area (Å²) in [7, 11) is 0. The molecule has 0 bridgehead atoms. The second-order valence-electron chi connectivity index (χ2n) is 4.15. The number of anilines is 1. The number of carbonyl (C=O) groups is 2. The van der Waals surface area contributed by atoms with Gasteiger partial charge in [0.2, 0.25) is 0 Å². The molecule has 0 unspecified atom stereocenters. The van der Waals surface area contributed by atoms with Crippen LogP contribution in [0.1, 0.15) is 0 Å². The van der Waals surface area contributed by atoms with E-state index in [-0.39, 0.29) is 6.54 Å². The summed E-state index contributed by atoms with van der Waals surface area (Å²) >= 11 is 0. The molecule has 6 nitrogen and oxygen atoms in total. The number of rotatable bonds is 2. The van der Waals surface area contributed by atoms with Gasteiger partial charge in [-0.15, -0.1) is 4.91 Å². The quantitative estimate of drug-likeness (QED) is 0.610. The molecule has 19 heavy (non-hydrogen) atoms. The molecule has 0 radical (unpaired) electrons. The van der Waals surface area contributed by atoms with Gasteiger partial charge in [-0.3, -0.25) is 4.79 Å². The van der Waals surface area contributed by atoms with Crippen LogP contribution in [-0.2, 0) is 4.79 Å². The standard InChI is InChI=1S/C13H9N3O3/c17-12-8-15(14-19)13(18)16(12)11-7-3-5-9-4-1-2-6-10(9)11/h1-7H,8H2. The van der Waals surface area contributed by atoms with Gasteiger partial charge in [-0.25, -0.2) is 9.69 Å². The molecule has 1 saturated heterocycles. The Morgan fingerprint density at radius 2 is 1.74 bits per heavy atom. The van der Waals surface area contributed by atoms with Crippen molar-refractivity contribution < 1.29 is 9.59 Å². The van der Waals surface area contributed by atoms with Crippen LogP contribution in [0.4, 0.5) is 10.5 Å². The first kappa shape index (κ1) is 11.3. The molecule has 6 heteroatoms. The summed E-state index contributed by atoms with van der Waals surface area (Å²) in [6, 6.07) is 12.0. The molecule has 94 valence electrons. The highest BCUT2D eigenvalue weighted by Gasteiger charge is 2.38. The zero-order valence-corrected chi connectivity index (χ0v) is 9.81. The minimum Gasteiger partial charge on any atom is -0.272 e. The largest absolute Gasteiger partial charge is 0.354 e. The fraction of sp³-hybridized carbons (Fsp3) is 0.0769. The van der Waals surface area contributed by atoms with Crippen molar-refractivity contribution >= 4 is 28.4 Å². The minimum absolute atomic E-state index is 0.314. The molecule has 1 aliphatic heterocycles. The fourth-order valence-electron chi connectivity index (χ4n) is 2.19. The van der Waals surface area contributed by atoms with E-state index in [0.29, 0.717) is 10.7 Å². The van der Waals surface area contributed by atoms with Crippen molar-refractivity contribution in [1.29, 1.82) is 0 Å². The summed E-state index contributed by atoms with van der Waals surface area (Å²) in [5.41, 5.74) is 0.472. The molecular formula is C13H9N3O3. The van der Waals surface area contributed by atoms with Crippen molar-refractivity contribution in [2.24, 2.45) is 5.29 Å². The number of carbonyl (C=O) groups excluding carboxylic acids is 2. The van der Waals surface area contributed by atoms with Crippen LogP contribution in [0.3, 0.4) is 0 Å². The maximum absolute atomic E-state index is 11.9. The third-order valence-electron chi connectivity index (χ3n) is 3.05. The van der Waals surface area contributed by atoms with Gasteiger partial charge in [-0.2, -0.15) is 5.01 Å². The zero-order valence-electron chi connectivity index (χ0n) is 9.81. The Hall–Kier alpha value is -2.76. The van der Waals surface area contributed by atoms with E-state index in [2.05, 4.69) is 5.29 Å². The van der Waals surface area contributed by atoms with Gasteiger partial charge in [0.25, 0.3) is 5.91 Å². The highest BCUT2D eigenvalue weighted by atomic mass is 16.3. The molecule has 1 fully saturated rings. The Labute approximate surface area is 108 Å². The molecule has 0 aromatic heterocycles. The zero-order chi connectivity index (χ0) is 13.4. The third-order valence-corrected chi connectivity index (χ3v) is 3.05. The first-order chi connectivity index (χ1) is 9.22. The first-order valence-corrected chi connectivity index (χ1v) is 5.68. The van der Waals surface area contributed by atoms with Crippen molar-refractivity contribution in [2.45, 2.75) is 0 Å². The average Bonchev–Trinajstić information content (AvgIpc) is 2.73. The Bertz CT molecular complexity index is 693. The molecular weight excluding hydrogens is 246 g/mol. The summed E-state index contributed by atoms with van der Waals surface area (Å²) in [5.74, 6) is -0.457. The van der Waals surface area contributed by atoms with Crippen molar-refractivity contribution in [1.82, 2.24) is 5.01 Å². The summed E-state index contributed by atoms with van der Waals surface area (Å²) in [5, 5.41) is 4.85. The van der Waals surface area contributed by atoms with Crippen LogP contribution in [0.15, 0.2) is 47.8 Å². The van der Waals surface area contributed by atoms with E-state index in [4.69, 9.17) is 0 Å². The van der Waals surface area contributed by atoms with Gasteiger partial charge in [0.1, 0.15) is 6.54 Å². The SMILES string of the molecule is O=NN1CC(=O)N(c2cccc3ccccc23)C1=O. The third kappa shape index (κ3) is 1.65.